The molecule has 1 N–H and O–H groups in total. The van der Waals surface area contributed by atoms with Crippen molar-refractivity contribution in [3.05, 3.63) is 76.3 Å². The second-order valence-corrected chi connectivity index (χ2v) is 6.52. The van der Waals surface area contributed by atoms with Gasteiger partial charge in [-0.2, -0.15) is 0 Å². The summed E-state index contributed by atoms with van der Waals surface area (Å²) in [6.07, 6.45) is 0. The summed E-state index contributed by atoms with van der Waals surface area (Å²) >= 11 is 3.39. The van der Waals surface area contributed by atoms with Crippen molar-refractivity contribution >= 4 is 44.3 Å². The van der Waals surface area contributed by atoms with Crippen molar-refractivity contribution < 1.29 is 14.3 Å². The molecule has 3 aromatic rings. The summed E-state index contributed by atoms with van der Waals surface area (Å²) < 4.78 is 5.89. The Morgan fingerprint density at radius 1 is 1.00 bits per heavy atom. The van der Waals surface area contributed by atoms with Gasteiger partial charge in [-0.25, -0.2) is 4.79 Å². The Bertz CT molecular complexity index is 953. The van der Waals surface area contributed by atoms with E-state index in [1.165, 1.54) is 0 Å². The van der Waals surface area contributed by atoms with Gasteiger partial charge in [0.1, 0.15) is 0 Å². The molecule has 126 valence electrons. The van der Waals surface area contributed by atoms with Crippen LogP contribution in [0.1, 0.15) is 15.9 Å². The Morgan fingerprint density at radius 3 is 2.52 bits per heavy atom. The van der Waals surface area contributed by atoms with Crippen LogP contribution in [-0.4, -0.2) is 18.5 Å². The molecule has 0 heterocycles. The van der Waals surface area contributed by atoms with E-state index in [4.69, 9.17) is 4.74 Å². The van der Waals surface area contributed by atoms with E-state index in [0.29, 0.717) is 11.3 Å². The molecular weight excluding hydrogens is 382 g/mol. The minimum absolute atomic E-state index is 0.341. The number of carbonyl (C=O) groups is 2. The lowest BCUT2D eigenvalue weighted by Gasteiger charge is -2.09. The van der Waals surface area contributed by atoms with Gasteiger partial charge in [-0.05, 0) is 63.5 Å². The molecule has 25 heavy (non-hydrogen) atoms. The van der Waals surface area contributed by atoms with Crippen LogP contribution in [0.3, 0.4) is 0 Å². The van der Waals surface area contributed by atoms with Crippen molar-refractivity contribution in [3.8, 4) is 0 Å². The molecular formula is C20H16BrNO3. The second kappa shape index (κ2) is 7.49. The van der Waals surface area contributed by atoms with Crippen molar-refractivity contribution in [1.29, 1.82) is 0 Å². The van der Waals surface area contributed by atoms with Gasteiger partial charge in [0.05, 0.1) is 11.3 Å². The number of hydrogen-bond acceptors (Lipinski definition) is 3. The third-order valence-corrected chi connectivity index (χ3v) is 4.37. The first kappa shape index (κ1) is 17.2. The average Bonchev–Trinajstić information content (AvgIpc) is 2.61. The highest BCUT2D eigenvalue weighted by atomic mass is 79.9. The summed E-state index contributed by atoms with van der Waals surface area (Å²) in [5.74, 6) is -0.914. The van der Waals surface area contributed by atoms with Gasteiger partial charge in [-0.1, -0.05) is 36.4 Å². The number of hydrogen-bond donors (Lipinski definition) is 1. The Balaban J connectivity index is 1.61. The van der Waals surface area contributed by atoms with Crippen molar-refractivity contribution in [2.45, 2.75) is 6.92 Å². The third-order valence-electron chi connectivity index (χ3n) is 3.72. The van der Waals surface area contributed by atoms with Crippen LogP contribution in [-0.2, 0) is 9.53 Å². The molecule has 0 fully saturated rings. The number of anilines is 1. The average molecular weight is 398 g/mol. The maximum Gasteiger partial charge on any atom is 0.338 e. The van der Waals surface area contributed by atoms with Crippen molar-refractivity contribution in [1.82, 2.24) is 0 Å². The predicted octanol–water partition coefficient (Wildman–Crippen LogP) is 4.71. The molecule has 0 saturated carbocycles. The minimum atomic E-state index is -0.524. The number of amides is 1. The molecule has 0 unspecified atom stereocenters. The van der Waals surface area contributed by atoms with Gasteiger partial charge in [-0.3, -0.25) is 4.79 Å². The van der Waals surface area contributed by atoms with E-state index < -0.39 is 11.9 Å². The Hall–Kier alpha value is -2.66. The fraction of sp³-hybridized carbons (Fsp3) is 0.100. The van der Waals surface area contributed by atoms with Gasteiger partial charge in [0.15, 0.2) is 6.61 Å². The van der Waals surface area contributed by atoms with Gasteiger partial charge < -0.3 is 10.1 Å². The lowest BCUT2D eigenvalue weighted by atomic mass is 10.1. The maximum absolute atomic E-state index is 12.1. The van der Waals surface area contributed by atoms with Crippen LogP contribution >= 0.6 is 15.9 Å². The number of nitrogens with one attached hydrogen (secondary N) is 1. The van der Waals surface area contributed by atoms with E-state index in [0.717, 1.165) is 20.8 Å². The Labute approximate surface area is 153 Å². The number of fused-ring (bicyclic) bond motifs is 1. The SMILES string of the molecule is Cc1ccc(NC(=O)COC(=O)c2ccc3ccccc3c2)c(Br)c1. The first-order valence-corrected chi connectivity index (χ1v) is 8.54. The van der Waals surface area contributed by atoms with Crippen LogP contribution in [0.4, 0.5) is 5.69 Å². The molecule has 0 aliphatic rings. The second-order valence-electron chi connectivity index (χ2n) is 5.67. The molecule has 0 bridgehead atoms. The highest BCUT2D eigenvalue weighted by Gasteiger charge is 2.12. The zero-order valence-corrected chi connectivity index (χ0v) is 15.2. The molecule has 0 aliphatic carbocycles. The standard InChI is InChI=1S/C20H16BrNO3/c1-13-6-9-18(17(21)10-13)22-19(23)12-25-20(24)16-8-7-14-4-2-3-5-15(14)11-16/h2-11H,12H2,1H3,(H,22,23). The van der Waals surface area contributed by atoms with Crippen LogP contribution in [0.5, 0.6) is 0 Å². The normalized spacial score (nSPS) is 10.5. The first-order chi connectivity index (χ1) is 12.0. The summed E-state index contributed by atoms with van der Waals surface area (Å²) in [5, 5.41) is 4.70. The zero-order chi connectivity index (χ0) is 17.8. The van der Waals surface area contributed by atoms with E-state index >= 15 is 0 Å². The van der Waals surface area contributed by atoms with Crippen molar-refractivity contribution in [2.24, 2.45) is 0 Å². The lowest BCUT2D eigenvalue weighted by Crippen LogP contribution is -2.21. The molecule has 0 saturated heterocycles. The summed E-state index contributed by atoms with van der Waals surface area (Å²) in [5.41, 5.74) is 2.13. The number of rotatable bonds is 4. The molecule has 3 rings (SSSR count). The molecule has 0 aromatic heterocycles. The predicted molar refractivity (Wildman–Crippen MR) is 102 cm³/mol. The number of aryl methyl sites for hydroxylation is 1. The molecule has 0 atom stereocenters. The van der Waals surface area contributed by atoms with E-state index in [1.807, 2.05) is 49.4 Å². The number of carbonyl (C=O) groups excluding carboxylic acids is 2. The fourth-order valence-electron chi connectivity index (χ4n) is 2.44. The summed E-state index contributed by atoms with van der Waals surface area (Å²) in [7, 11) is 0. The van der Waals surface area contributed by atoms with Crippen LogP contribution in [0, 0.1) is 6.92 Å². The topological polar surface area (TPSA) is 55.4 Å². The number of ether oxygens (including phenoxy) is 1. The molecule has 5 heteroatoms. The quantitative estimate of drug-likeness (QED) is 0.648. The molecule has 1 amide bonds. The largest absolute Gasteiger partial charge is 0.452 e. The van der Waals surface area contributed by atoms with Crippen molar-refractivity contribution in [3.63, 3.8) is 0 Å². The Kier molecular flexibility index (Phi) is 5.14. The third kappa shape index (κ3) is 4.25. The number of halogens is 1. The molecule has 0 radical (unpaired) electrons. The van der Waals surface area contributed by atoms with E-state index in [2.05, 4.69) is 21.2 Å². The molecule has 3 aromatic carbocycles. The summed E-state index contributed by atoms with van der Waals surface area (Å²) in [6, 6.07) is 18.6. The highest BCUT2D eigenvalue weighted by Crippen LogP contribution is 2.23. The number of esters is 1. The van der Waals surface area contributed by atoms with Gasteiger partial charge in [0.2, 0.25) is 0 Å². The van der Waals surface area contributed by atoms with E-state index in [9.17, 15) is 9.59 Å². The first-order valence-electron chi connectivity index (χ1n) is 7.75. The fourth-order valence-corrected chi connectivity index (χ4v) is 3.03. The van der Waals surface area contributed by atoms with E-state index in [1.54, 1.807) is 18.2 Å². The van der Waals surface area contributed by atoms with E-state index in [-0.39, 0.29) is 6.61 Å². The number of benzene rings is 3. The molecule has 0 spiro atoms. The summed E-state index contributed by atoms with van der Waals surface area (Å²) in [6.45, 7) is 1.62. The maximum atomic E-state index is 12.1. The van der Waals surface area contributed by atoms with Crippen molar-refractivity contribution in [2.75, 3.05) is 11.9 Å². The summed E-state index contributed by atoms with van der Waals surface area (Å²) in [4.78, 5) is 24.1. The molecule has 0 aliphatic heterocycles. The minimum Gasteiger partial charge on any atom is -0.452 e. The van der Waals surface area contributed by atoms with Gasteiger partial charge in [0.25, 0.3) is 5.91 Å². The zero-order valence-electron chi connectivity index (χ0n) is 13.6. The van der Waals surface area contributed by atoms with Gasteiger partial charge in [0, 0.05) is 4.47 Å². The lowest BCUT2D eigenvalue weighted by molar-refractivity contribution is -0.119. The van der Waals surface area contributed by atoms with Gasteiger partial charge >= 0.3 is 5.97 Å². The monoisotopic (exact) mass is 397 g/mol. The van der Waals surface area contributed by atoms with Crippen LogP contribution in [0.15, 0.2) is 65.1 Å². The van der Waals surface area contributed by atoms with Gasteiger partial charge in [-0.15, -0.1) is 0 Å². The van der Waals surface area contributed by atoms with Crippen LogP contribution in [0.25, 0.3) is 10.8 Å². The van der Waals surface area contributed by atoms with Crippen LogP contribution in [0.2, 0.25) is 0 Å². The smallest absolute Gasteiger partial charge is 0.338 e. The Morgan fingerprint density at radius 2 is 1.76 bits per heavy atom. The molecule has 4 nitrogen and oxygen atoms in total. The highest BCUT2D eigenvalue weighted by molar-refractivity contribution is 9.10. The van der Waals surface area contributed by atoms with Crippen LogP contribution < -0.4 is 5.32 Å².